The summed E-state index contributed by atoms with van der Waals surface area (Å²) in [5, 5.41) is 9.22. The van der Waals surface area contributed by atoms with Crippen molar-refractivity contribution in [1.29, 1.82) is 0 Å². The quantitative estimate of drug-likeness (QED) is 0.806. The van der Waals surface area contributed by atoms with Gasteiger partial charge in [0.25, 0.3) is 0 Å². The van der Waals surface area contributed by atoms with Gasteiger partial charge in [-0.1, -0.05) is 11.6 Å². The highest BCUT2D eigenvalue weighted by Crippen LogP contribution is 2.25. The van der Waals surface area contributed by atoms with Gasteiger partial charge >= 0.3 is 0 Å². The summed E-state index contributed by atoms with van der Waals surface area (Å²) in [5.74, 6) is 0.694. The third-order valence-corrected chi connectivity index (χ3v) is 2.60. The van der Waals surface area contributed by atoms with E-state index in [9.17, 15) is 0 Å². The second-order valence-corrected chi connectivity index (χ2v) is 3.91. The molecule has 4 nitrogen and oxygen atoms in total. The van der Waals surface area contributed by atoms with Gasteiger partial charge in [0.1, 0.15) is 11.4 Å². The van der Waals surface area contributed by atoms with Crippen molar-refractivity contribution in [2.45, 2.75) is 13.8 Å². The van der Waals surface area contributed by atoms with Gasteiger partial charge in [0.05, 0.1) is 18.5 Å². The Bertz CT molecular complexity index is 502. The van der Waals surface area contributed by atoms with Gasteiger partial charge in [-0.15, -0.1) is 4.80 Å². The molecule has 1 aromatic carbocycles. The van der Waals surface area contributed by atoms with Gasteiger partial charge in [-0.25, -0.2) is 0 Å². The minimum absolute atomic E-state index is 0.628. The number of benzene rings is 1. The van der Waals surface area contributed by atoms with Crippen LogP contribution in [-0.4, -0.2) is 22.1 Å². The van der Waals surface area contributed by atoms with Gasteiger partial charge in [-0.2, -0.15) is 10.2 Å². The monoisotopic (exact) mass is 237 g/mol. The van der Waals surface area contributed by atoms with E-state index in [1.807, 2.05) is 13.8 Å². The molecule has 0 aliphatic rings. The van der Waals surface area contributed by atoms with Crippen LogP contribution in [0.2, 0.25) is 5.02 Å². The number of aromatic nitrogens is 3. The maximum absolute atomic E-state index is 5.95. The fourth-order valence-corrected chi connectivity index (χ4v) is 1.54. The zero-order valence-electron chi connectivity index (χ0n) is 9.36. The molecule has 0 atom stereocenters. The van der Waals surface area contributed by atoms with Crippen LogP contribution in [0.25, 0.3) is 5.69 Å². The highest BCUT2D eigenvalue weighted by atomic mass is 35.5. The van der Waals surface area contributed by atoms with Crippen molar-refractivity contribution in [3.05, 3.63) is 34.6 Å². The average Bonchev–Trinajstić information content (AvgIpc) is 2.59. The van der Waals surface area contributed by atoms with Crippen molar-refractivity contribution in [3.8, 4) is 11.4 Å². The number of halogens is 1. The summed E-state index contributed by atoms with van der Waals surface area (Å²) in [4.78, 5) is 1.54. The highest BCUT2D eigenvalue weighted by molar-refractivity contribution is 6.30. The highest BCUT2D eigenvalue weighted by Gasteiger charge is 2.10. The number of ether oxygens (including phenoxy) is 1. The molecule has 5 heteroatoms. The molecule has 2 rings (SSSR count). The Morgan fingerprint density at radius 3 is 2.38 bits per heavy atom. The summed E-state index contributed by atoms with van der Waals surface area (Å²) in [6.07, 6.45) is 0. The van der Waals surface area contributed by atoms with Crippen LogP contribution in [0, 0.1) is 13.8 Å². The first kappa shape index (κ1) is 11.0. The Morgan fingerprint density at radius 2 is 1.81 bits per heavy atom. The van der Waals surface area contributed by atoms with E-state index >= 15 is 0 Å². The van der Waals surface area contributed by atoms with Gasteiger partial charge in [-0.05, 0) is 32.0 Å². The van der Waals surface area contributed by atoms with Crippen molar-refractivity contribution >= 4 is 11.6 Å². The smallest absolute Gasteiger partial charge is 0.146 e. The van der Waals surface area contributed by atoms with E-state index in [0.717, 1.165) is 17.1 Å². The molecule has 1 aromatic heterocycles. The first-order valence-electron chi connectivity index (χ1n) is 4.86. The fourth-order valence-electron chi connectivity index (χ4n) is 1.38. The van der Waals surface area contributed by atoms with Crippen molar-refractivity contribution in [1.82, 2.24) is 15.0 Å². The molecule has 16 heavy (non-hydrogen) atoms. The summed E-state index contributed by atoms with van der Waals surface area (Å²) in [6.45, 7) is 3.83. The SMILES string of the molecule is COc1ccc(Cl)cc1-n1nc(C)c(C)n1. The molecule has 0 N–H and O–H groups in total. The van der Waals surface area contributed by atoms with E-state index < -0.39 is 0 Å². The van der Waals surface area contributed by atoms with Crippen LogP contribution in [0.3, 0.4) is 0 Å². The van der Waals surface area contributed by atoms with Crippen LogP contribution in [-0.2, 0) is 0 Å². The molecule has 0 aliphatic carbocycles. The van der Waals surface area contributed by atoms with Crippen LogP contribution in [0.1, 0.15) is 11.4 Å². The molecule has 0 spiro atoms. The van der Waals surface area contributed by atoms with Crippen LogP contribution in [0.5, 0.6) is 5.75 Å². The van der Waals surface area contributed by atoms with Crippen molar-refractivity contribution in [2.24, 2.45) is 0 Å². The van der Waals surface area contributed by atoms with Crippen LogP contribution < -0.4 is 4.74 Å². The molecular weight excluding hydrogens is 226 g/mol. The Hall–Kier alpha value is -1.55. The Labute approximate surface area is 98.8 Å². The Balaban J connectivity index is 2.57. The normalized spacial score (nSPS) is 10.5. The summed E-state index contributed by atoms with van der Waals surface area (Å²) in [7, 11) is 1.61. The maximum Gasteiger partial charge on any atom is 0.146 e. The van der Waals surface area contributed by atoms with Crippen LogP contribution in [0.15, 0.2) is 18.2 Å². The third-order valence-electron chi connectivity index (χ3n) is 2.37. The van der Waals surface area contributed by atoms with Gasteiger partial charge in [0.15, 0.2) is 0 Å². The van der Waals surface area contributed by atoms with Crippen molar-refractivity contribution < 1.29 is 4.74 Å². The predicted octanol–water partition coefficient (Wildman–Crippen LogP) is 2.55. The first-order valence-corrected chi connectivity index (χ1v) is 5.24. The van der Waals surface area contributed by atoms with Crippen molar-refractivity contribution in [2.75, 3.05) is 7.11 Å². The lowest BCUT2D eigenvalue weighted by Gasteiger charge is -2.07. The average molecular weight is 238 g/mol. The maximum atomic E-state index is 5.95. The molecule has 0 fully saturated rings. The molecule has 0 saturated carbocycles. The lowest BCUT2D eigenvalue weighted by molar-refractivity contribution is 0.410. The fraction of sp³-hybridized carbons (Fsp3) is 0.273. The number of hydrogen-bond acceptors (Lipinski definition) is 3. The zero-order chi connectivity index (χ0) is 11.7. The van der Waals surface area contributed by atoms with E-state index in [1.165, 1.54) is 4.80 Å². The molecule has 2 aromatic rings. The summed E-state index contributed by atoms with van der Waals surface area (Å²) >= 11 is 5.95. The van der Waals surface area contributed by atoms with E-state index in [4.69, 9.17) is 16.3 Å². The molecule has 0 amide bonds. The summed E-state index contributed by atoms with van der Waals surface area (Å²) in [5.41, 5.74) is 2.52. The lowest BCUT2D eigenvalue weighted by atomic mass is 10.3. The summed E-state index contributed by atoms with van der Waals surface area (Å²) < 4.78 is 5.24. The van der Waals surface area contributed by atoms with Gasteiger partial charge in [0, 0.05) is 5.02 Å². The predicted molar refractivity (Wildman–Crippen MR) is 62.4 cm³/mol. The second kappa shape index (κ2) is 4.14. The standard InChI is InChI=1S/C11H12ClN3O/c1-7-8(2)14-15(13-7)10-6-9(12)4-5-11(10)16-3/h4-6H,1-3H3. The molecule has 0 bridgehead atoms. The van der Waals surface area contributed by atoms with E-state index in [1.54, 1.807) is 25.3 Å². The third kappa shape index (κ3) is 1.88. The lowest BCUT2D eigenvalue weighted by Crippen LogP contribution is -2.02. The Morgan fingerprint density at radius 1 is 1.19 bits per heavy atom. The molecule has 84 valence electrons. The second-order valence-electron chi connectivity index (χ2n) is 3.48. The van der Waals surface area contributed by atoms with E-state index in [-0.39, 0.29) is 0 Å². The van der Waals surface area contributed by atoms with E-state index in [2.05, 4.69) is 10.2 Å². The van der Waals surface area contributed by atoms with Crippen LogP contribution >= 0.6 is 11.6 Å². The molecular formula is C11H12ClN3O. The van der Waals surface area contributed by atoms with Crippen molar-refractivity contribution in [3.63, 3.8) is 0 Å². The minimum Gasteiger partial charge on any atom is -0.494 e. The molecule has 0 aliphatic heterocycles. The van der Waals surface area contributed by atoms with Crippen LogP contribution in [0.4, 0.5) is 0 Å². The number of hydrogen-bond donors (Lipinski definition) is 0. The van der Waals surface area contributed by atoms with E-state index in [0.29, 0.717) is 10.8 Å². The molecule has 1 heterocycles. The first-order chi connectivity index (χ1) is 7.61. The van der Waals surface area contributed by atoms with Gasteiger partial charge in [-0.3, -0.25) is 0 Å². The largest absolute Gasteiger partial charge is 0.494 e. The summed E-state index contributed by atoms with van der Waals surface area (Å²) in [6, 6.07) is 5.35. The molecule has 0 radical (unpaired) electrons. The minimum atomic E-state index is 0.628. The number of nitrogens with zero attached hydrogens (tertiary/aromatic N) is 3. The number of rotatable bonds is 2. The van der Waals surface area contributed by atoms with Gasteiger partial charge < -0.3 is 4.74 Å². The topological polar surface area (TPSA) is 39.9 Å². The molecule has 0 unspecified atom stereocenters. The molecule has 0 saturated heterocycles. The Kier molecular flexibility index (Phi) is 2.83. The van der Waals surface area contributed by atoms with Gasteiger partial charge in [0.2, 0.25) is 0 Å². The zero-order valence-corrected chi connectivity index (χ0v) is 10.1. The number of methoxy groups -OCH3 is 1. The number of aryl methyl sites for hydroxylation is 2.